The van der Waals surface area contributed by atoms with Crippen LogP contribution in [-0.4, -0.2) is 50.4 Å². The number of sulfonamides is 1. The summed E-state index contributed by atoms with van der Waals surface area (Å²) in [5, 5.41) is 2.50. The van der Waals surface area contributed by atoms with Crippen molar-refractivity contribution in [1.82, 2.24) is 23.0 Å². The van der Waals surface area contributed by atoms with E-state index in [1.807, 2.05) is 0 Å². The van der Waals surface area contributed by atoms with E-state index in [0.717, 1.165) is 17.4 Å². The maximum absolute atomic E-state index is 12.8. The fourth-order valence-electron chi connectivity index (χ4n) is 3.72. The van der Waals surface area contributed by atoms with Crippen molar-refractivity contribution in [2.24, 2.45) is 14.1 Å². The Morgan fingerprint density at radius 2 is 1.84 bits per heavy atom. The van der Waals surface area contributed by atoms with Gasteiger partial charge in [0.25, 0.3) is 5.56 Å². The van der Waals surface area contributed by atoms with Crippen molar-refractivity contribution in [2.75, 3.05) is 18.4 Å². The third-order valence-corrected chi connectivity index (χ3v) is 7.61. The number of aryl methyl sites for hydroxylation is 1. The van der Waals surface area contributed by atoms with E-state index >= 15 is 0 Å². The van der Waals surface area contributed by atoms with Gasteiger partial charge in [-0.15, -0.1) is 0 Å². The van der Waals surface area contributed by atoms with Crippen LogP contribution in [0.3, 0.4) is 0 Å². The van der Waals surface area contributed by atoms with E-state index in [2.05, 4.69) is 10.3 Å². The molecule has 1 saturated heterocycles. The number of amides is 1. The molecule has 1 aliphatic rings. The minimum Gasteiger partial charge on any atom is -0.324 e. The summed E-state index contributed by atoms with van der Waals surface area (Å²) in [6.45, 7) is 0.594. The van der Waals surface area contributed by atoms with Crippen molar-refractivity contribution in [3.8, 4) is 0 Å². The molecule has 3 aromatic rings. The van der Waals surface area contributed by atoms with Crippen LogP contribution in [-0.2, 0) is 35.5 Å². The Kier molecular flexibility index (Phi) is 5.69. The lowest BCUT2D eigenvalue weighted by Crippen LogP contribution is -2.37. The molecule has 32 heavy (non-hydrogen) atoms. The quantitative estimate of drug-likeness (QED) is 0.530. The van der Waals surface area contributed by atoms with E-state index in [1.165, 1.54) is 39.7 Å². The minimum absolute atomic E-state index is 0.0140. The Labute approximate surface area is 187 Å². The molecular weight excluding hydrogens is 460 g/mol. The van der Waals surface area contributed by atoms with E-state index in [0.29, 0.717) is 13.1 Å². The van der Waals surface area contributed by atoms with Crippen molar-refractivity contribution in [3.05, 3.63) is 50.4 Å². The standard InChI is InChI=1S/C19H21ClN6O5S/c1-23-16-15(17(28)24(2)19(23)29)26(18(20)22-16)11-14(27)21-12-6-5-7-13(10-12)32(30,31)25-8-3-4-9-25/h5-7,10H,3-4,8-9,11H2,1-2H3,(H,21,27). The summed E-state index contributed by atoms with van der Waals surface area (Å²) in [5.41, 5.74) is -0.830. The average molecular weight is 481 g/mol. The fraction of sp³-hybridized carbons (Fsp3) is 0.368. The van der Waals surface area contributed by atoms with Crippen LogP contribution >= 0.6 is 11.6 Å². The number of nitrogens with one attached hydrogen (secondary N) is 1. The number of rotatable bonds is 5. The SMILES string of the molecule is Cn1c(=O)c2c(nc(Cl)n2CC(=O)Nc2cccc(S(=O)(=O)N3CCCC3)c2)n(C)c1=O. The number of benzene rings is 1. The molecule has 3 heterocycles. The van der Waals surface area contributed by atoms with Gasteiger partial charge < -0.3 is 5.32 Å². The van der Waals surface area contributed by atoms with Crippen molar-refractivity contribution >= 4 is 44.4 Å². The monoisotopic (exact) mass is 480 g/mol. The third kappa shape index (κ3) is 3.74. The molecule has 0 atom stereocenters. The Morgan fingerprint density at radius 3 is 2.53 bits per heavy atom. The topological polar surface area (TPSA) is 128 Å². The second-order valence-electron chi connectivity index (χ2n) is 7.53. The van der Waals surface area contributed by atoms with Gasteiger partial charge in [0.1, 0.15) is 6.54 Å². The van der Waals surface area contributed by atoms with E-state index in [-0.39, 0.29) is 33.6 Å². The molecule has 1 aromatic carbocycles. The van der Waals surface area contributed by atoms with Gasteiger partial charge in [0.2, 0.25) is 21.2 Å². The molecule has 0 radical (unpaired) electrons. The average Bonchev–Trinajstić information content (AvgIpc) is 3.40. The number of halogens is 1. The summed E-state index contributed by atoms with van der Waals surface area (Å²) >= 11 is 6.14. The van der Waals surface area contributed by atoms with Crippen LogP contribution < -0.4 is 16.6 Å². The number of imidazole rings is 1. The Balaban J connectivity index is 1.62. The number of hydrogen-bond acceptors (Lipinski definition) is 6. The van der Waals surface area contributed by atoms with Crippen molar-refractivity contribution < 1.29 is 13.2 Å². The zero-order valence-electron chi connectivity index (χ0n) is 17.4. The van der Waals surface area contributed by atoms with E-state index in [9.17, 15) is 22.8 Å². The molecule has 0 aliphatic carbocycles. The second kappa shape index (κ2) is 8.19. The first-order chi connectivity index (χ1) is 15.1. The summed E-state index contributed by atoms with van der Waals surface area (Å²) in [5.74, 6) is -0.544. The summed E-state index contributed by atoms with van der Waals surface area (Å²) in [6, 6.07) is 5.98. The molecule has 0 spiro atoms. The Bertz CT molecular complexity index is 1450. The molecule has 2 aromatic heterocycles. The fourth-order valence-corrected chi connectivity index (χ4v) is 5.51. The largest absolute Gasteiger partial charge is 0.332 e. The van der Waals surface area contributed by atoms with Crippen LogP contribution in [0, 0.1) is 0 Å². The second-order valence-corrected chi connectivity index (χ2v) is 9.81. The summed E-state index contributed by atoms with van der Waals surface area (Å²) in [7, 11) is -0.863. The highest BCUT2D eigenvalue weighted by Gasteiger charge is 2.27. The number of hydrogen-bond donors (Lipinski definition) is 1. The van der Waals surface area contributed by atoms with Crippen molar-refractivity contribution in [2.45, 2.75) is 24.3 Å². The normalized spacial score (nSPS) is 14.8. The predicted molar refractivity (Wildman–Crippen MR) is 118 cm³/mol. The summed E-state index contributed by atoms with van der Waals surface area (Å²) in [4.78, 5) is 41.5. The van der Waals surface area contributed by atoms with E-state index in [4.69, 9.17) is 11.6 Å². The van der Waals surface area contributed by atoms with Crippen LogP contribution in [0.2, 0.25) is 5.28 Å². The predicted octanol–water partition coefficient (Wildman–Crippen LogP) is 0.510. The minimum atomic E-state index is -3.63. The third-order valence-electron chi connectivity index (χ3n) is 5.42. The first kappa shape index (κ1) is 22.2. The van der Waals surface area contributed by atoms with Crippen LogP contribution in [0.25, 0.3) is 11.2 Å². The molecule has 13 heteroatoms. The molecule has 0 saturated carbocycles. The van der Waals surface area contributed by atoms with E-state index < -0.39 is 27.2 Å². The van der Waals surface area contributed by atoms with Crippen molar-refractivity contribution in [1.29, 1.82) is 0 Å². The zero-order chi connectivity index (χ0) is 23.2. The van der Waals surface area contributed by atoms with Crippen LogP contribution in [0.5, 0.6) is 0 Å². The van der Waals surface area contributed by atoms with Crippen LogP contribution in [0.1, 0.15) is 12.8 Å². The van der Waals surface area contributed by atoms with Gasteiger partial charge in [-0.05, 0) is 42.6 Å². The number of nitrogens with zero attached hydrogens (tertiary/aromatic N) is 5. The molecule has 170 valence electrons. The molecule has 1 N–H and O–H groups in total. The first-order valence-electron chi connectivity index (χ1n) is 9.83. The smallest absolute Gasteiger partial charge is 0.324 e. The first-order valence-corrected chi connectivity index (χ1v) is 11.6. The lowest BCUT2D eigenvalue weighted by molar-refractivity contribution is -0.116. The van der Waals surface area contributed by atoms with Gasteiger partial charge in [0, 0.05) is 32.9 Å². The van der Waals surface area contributed by atoms with E-state index in [1.54, 1.807) is 12.1 Å². The van der Waals surface area contributed by atoms with Crippen molar-refractivity contribution in [3.63, 3.8) is 0 Å². The number of anilines is 1. The molecule has 1 aliphatic heterocycles. The number of aromatic nitrogens is 4. The van der Waals surface area contributed by atoms with Gasteiger partial charge >= 0.3 is 5.69 Å². The maximum atomic E-state index is 12.8. The highest BCUT2D eigenvalue weighted by atomic mass is 35.5. The molecule has 0 bridgehead atoms. The maximum Gasteiger partial charge on any atom is 0.332 e. The summed E-state index contributed by atoms with van der Waals surface area (Å²) < 4.78 is 30.2. The summed E-state index contributed by atoms with van der Waals surface area (Å²) in [6.07, 6.45) is 1.64. The van der Waals surface area contributed by atoms with Gasteiger partial charge in [-0.3, -0.25) is 23.3 Å². The number of carbonyl (C=O) groups excluding carboxylic acids is 1. The number of fused-ring (bicyclic) bond motifs is 1. The van der Waals surface area contributed by atoms with Crippen LogP contribution in [0.4, 0.5) is 5.69 Å². The molecule has 11 nitrogen and oxygen atoms in total. The van der Waals surface area contributed by atoms with Crippen LogP contribution in [0.15, 0.2) is 38.8 Å². The van der Waals surface area contributed by atoms with Gasteiger partial charge in [-0.25, -0.2) is 13.2 Å². The zero-order valence-corrected chi connectivity index (χ0v) is 19.0. The highest BCUT2D eigenvalue weighted by Crippen LogP contribution is 2.23. The Morgan fingerprint density at radius 1 is 1.16 bits per heavy atom. The lowest BCUT2D eigenvalue weighted by atomic mass is 10.3. The molecule has 1 amide bonds. The molecule has 4 rings (SSSR count). The Hall–Kier alpha value is -2.96. The molecular formula is C19H21ClN6O5S. The van der Waals surface area contributed by atoms with Gasteiger partial charge in [-0.2, -0.15) is 9.29 Å². The highest BCUT2D eigenvalue weighted by molar-refractivity contribution is 7.89. The van der Waals surface area contributed by atoms with Gasteiger partial charge in [-0.1, -0.05) is 6.07 Å². The lowest BCUT2D eigenvalue weighted by Gasteiger charge is -2.16. The molecule has 0 unspecified atom stereocenters. The molecule has 1 fully saturated rings. The number of carbonyl (C=O) groups is 1. The van der Waals surface area contributed by atoms with Gasteiger partial charge in [0.15, 0.2) is 11.2 Å². The van der Waals surface area contributed by atoms with Gasteiger partial charge in [0.05, 0.1) is 4.90 Å².